The van der Waals surface area contributed by atoms with E-state index in [1.165, 1.54) is 0 Å². The summed E-state index contributed by atoms with van der Waals surface area (Å²) in [5, 5.41) is 4.20. The summed E-state index contributed by atoms with van der Waals surface area (Å²) in [6.07, 6.45) is 0. The highest BCUT2D eigenvalue weighted by Crippen LogP contribution is 2.23. The van der Waals surface area contributed by atoms with E-state index in [4.69, 9.17) is 16.3 Å². The van der Waals surface area contributed by atoms with E-state index in [1.807, 2.05) is 59.5 Å². The molecule has 0 aromatic heterocycles. The molecule has 25 heavy (non-hydrogen) atoms. The molecule has 0 aliphatic carbocycles. The second kappa shape index (κ2) is 8.48. The molecule has 4 nitrogen and oxygen atoms in total. The van der Waals surface area contributed by atoms with Crippen molar-refractivity contribution in [2.24, 2.45) is 0 Å². The third-order valence-corrected chi connectivity index (χ3v) is 4.74. The Hall–Kier alpha value is -1.88. The van der Waals surface area contributed by atoms with Crippen LogP contribution in [0.5, 0.6) is 0 Å². The van der Waals surface area contributed by atoms with E-state index < -0.39 is 0 Å². The van der Waals surface area contributed by atoms with Crippen molar-refractivity contribution < 1.29 is 9.53 Å². The average molecular weight is 359 g/mol. The van der Waals surface area contributed by atoms with Crippen molar-refractivity contribution >= 4 is 17.5 Å². The van der Waals surface area contributed by atoms with Crippen molar-refractivity contribution in [3.05, 3.63) is 70.7 Å². The van der Waals surface area contributed by atoms with Gasteiger partial charge in [0.05, 0.1) is 13.2 Å². The lowest BCUT2D eigenvalue weighted by molar-refractivity contribution is -0.138. The van der Waals surface area contributed by atoms with Gasteiger partial charge in [-0.05, 0) is 30.2 Å². The molecule has 0 spiro atoms. The molecule has 1 N–H and O–H groups in total. The second-order valence-electron chi connectivity index (χ2n) is 6.22. The Morgan fingerprint density at radius 2 is 1.68 bits per heavy atom. The van der Waals surface area contributed by atoms with Crippen LogP contribution in [0, 0.1) is 0 Å². The van der Waals surface area contributed by atoms with Crippen LogP contribution in [-0.2, 0) is 9.53 Å². The SMILES string of the molecule is C[C@@H](N[C@@H](C(=O)N1CCOCC1)c1ccccc1)c1ccc(Cl)cc1. The number of hydrogen-bond donors (Lipinski definition) is 1. The number of halogens is 1. The molecule has 2 aromatic carbocycles. The molecule has 1 heterocycles. The number of nitrogens with one attached hydrogen (secondary N) is 1. The van der Waals surface area contributed by atoms with Crippen molar-refractivity contribution in [1.82, 2.24) is 10.2 Å². The molecule has 0 bridgehead atoms. The summed E-state index contributed by atoms with van der Waals surface area (Å²) in [6, 6.07) is 17.2. The van der Waals surface area contributed by atoms with Gasteiger partial charge in [0, 0.05) is 24.2 Å². The number of hydrogen-bond acceptors (Lipinski definition) is 3. The molecule has 1 amide bonds. The van der Waals surface area contributed by atoms with Gasteiger partial charge in [0.2, 0.25) is 5.91 Å². The molecule has 1 aliphatic heterocycles. The molecule has 1 fully saturated rings. The molecular formula is C20H23ClN2O2. The Morgan fingerprint density at radius 3 is 2.32 bits per heavy atom. The lowest BCUT2D eigenvalue weighted by Gasteiger charge is -2.32. The van der Waals surface area contributed by atoms with Gasteiger partial charge in [0.1, 0.15) is 6.04 Å². The van der Waals surface area contributed by atoms with Gasteiger partial charge in [-0.2, -0.15) is 0 Å². The fourth-order valence-electron chi connectivity index (χ4n) is 3.02. The van der Waals surface area contributed by atoms with E-state index >= 15 is 0 Å². The molecule has 5 heteroatoms. The summed E-state index contributed by atoms with van der Waals surface area (Å²) >= 11 is 5.98. The summed E-state index contributed by atoms with van der Waals surface area (Å²) in [6.45, 7) is 4.53. The summed E-state index contributed by atoms with van der Waals surface area (Å²) in [5.41, 5.74) is 2.07. The summed E-state index contributed by atoms with van der Waals surface area (Å²) in [4.78, 5) is 15.0. The number of carbonyl (C=O) groups is 1. The van der Waals surface area contributed by atoms with Crippen LogP contribution < -0.4 is 5.32 Å². The predicted octanol–water partition coefficient (Wildman–Crippen LogP) is 3.59. The Morgan fingerprint density at radius 1 is 1.04 bits per heavy atom. The maximum Gasteiger partial charge on any atom is 0.244 e. The van der Waals surface area contributed by atoms with Crippen molar-refractivity contribution in [2.45, 2.75) is 19.0 Å². The fourth-order valence-corrected chi connectivity index (χ4v) is 3.15. The number of morpholine rings is 1. The van der Waals surface area contributed by atoms with Crippen LogP contribution in [0.3, 0.4) is 0 Å². The topological polar surface area (TPSA) is 41.6 Å². The standard InChI is InChI=1S/C20H23ClN2O2/c1-15(16-7-9-18(21)10-8-16)22-19(17-5-3-2-4-6-17)20(24)23-11-13-25-14-12-23/h2-10,15,19,22H,11-14H2,1H3/t15-,19-/m1/s1. The van der Waals surface area contributed by atoms with Crippen LogP contribution in [0.4, 0.5) is 0 Å². The highest BCUT2D eigenvalue weighted by molar-refractivity contribution is 6.30. The van der Waals surface area contributed by atoms with Gasteiger partial charge in [-0.1, -0.05) is 54.1 Å². The van der Waals surface area contributed by atoms with Gasteiger partial charge in [-0.15, -0.1) is 0 Å². The molecule has 0 saturated carbocycles. The van der Waals surface area contributed by atoms with Gasteiger partial charge < -0.3 is 9.64 Å². The third-order valence-electron chi connectivity index (χ3n) is 4.49. The lowest BCUT2D eigenvalue weighted by Crippen LogP contribution is -2.46. The van der Waals surface area contributed by atoms with E-state index in [2.05, 4.69) is 12.2 Å². The fraction of sp³-hybridized carbons (Fsp3) is 0.350. The van der Waals surface area contributed by atoms with Gasteiger partial charge in [-0.3, -0.25) is 10.1 Å². The highest BCUT2D eigenvalue weighted by atomic mass is 35.5. The Kier molecular flexibility index (Phi) is 6.08. The second-order valence-corrected chi connectivity index (χ2v) is 6.66. The minimum Gasteiger partial charge on any atom is -0.378 e. The van der Waals surface area contributed by atoms with Crippen molar-refractivity contribution in [3.63, 3.8) is 0 Å². The molecule has 1 saturated heterocycles. The van der Waals surface area contributed by atoms with Crippen molar-refractivity contribution in [1.29, 1.82) is 0 Å². The van der Waals surface area contributed by atoms with Gasteiger partial charge in [0.15, 0.2) is 0 Å². The maximum atomic E-state index is 13.1. The van der Waals surface area contributed by atoms with E-state index in [0.29, 0.717) is 31.3 Å². The normalized spacial score (nSPS) is 17.1. The molecule has 2 aromatic rings. The number of carbonyl (C=O) groups excluding carboxylic acids is 1. The smallest absolute Gasteiger partial charge is 0.244 e. The lowest BCUT2D eigenvalue weighted by atomic mass is 10.0. The first-order chi connectivity index (χ1) is 12.1. The maximum absolute atomic E-state index is 13.1. The van der Waals surface area contributed by atoms with E-state index in [1.54, 1.807) is 0 Å². The zero-order valence-corrected chi connectivity index (χ0v) is 15.1. The van der Waals surface area contributed by atoms with Crippen LogP contribution in [0.25, 0.3) is 0 Å². The zero-order valence-electron chi connectivity index (χ0n) is 14.3. The van der Waals surface area contributed by atoms with Crippen LogP contribution in [-0.4, -0.2) is 37.1 Å². The summed E-state index contributed by atoms with van der Waals surface area (Å²) in [5.74, 6) is 0.0929. The first kappa shape index (κ1) is 17.9. The van der Waals surface area contributed by atoms with Crippen LogP contribution in [0.2, 0.25) is 5.02 Å². The zero-order chi connectivity index (χ0) is 17.6. The van der Waals surface area contributed by atoms with Gasteiger partial charge in [0.25, 0.3) is 0 Å². The van der Waals surface area contributed by atoms with E-state index in [0.717, 1.165) is 11.1 Å². The molecular weight excluding hydrogens is 336 g/mol. The Balaban J connectivity index is 1.80. The minimum atomic E-state index is -0.384. The third kappa shape index (κ3) is 4.60. The number of nitrogens with zero attached hydrogens (tertiary/aromatic N) is 1. The van der Waals surface area contributed by atoms with Gasteiger partial charge in [-0.25, -0.2) is 0 Å². The van der Waals surface area contributed by atoms with E-state index in [-0.39, 0.29) is 18.0 Å². The molecule has 1 aliphatic rings. The van der Waals surface area contributed by atoms with Crippen molar-refractivity contribution in [2.75, 3.05) is 26.3 Å². The number of benzene rings is 2. The predicted molar refractivity (Wildman–Crippen MR) is 99.6 cm³/mol. The summed E-state index contributed by atoms with van der Waals surface area (Å²) < 4.78 is 5.37. The van der Waals surface area contributed by atoms with E-state index in [9.17, 15) is 4.79 Å². The quantitative estimate of drug-likeness (QED) is 0.888. The summed E-state index contributed by atoms with van der Waals surface area (Å²) in [7, 11) is 0. The minimum absolute atomic E-state index is 0.0208. The van der Waals surface area contributed by atoms with Crippen LogP contribution in [0.15, 0.2) is 54.6 Å². The van der Waals surface area contributed by atoms with Crippen LogP contribution in [0.1, 0.15) is 30.1 Å². The van der Waals surface area contributed by atoms with Crippen LogP contribution >= 0.6 is 11.6 Å². The number of ether oxygens (including phenoxy) is 1. The van der Waals surface area contributed by atoms with Gasteiger partial charge >= 0.3 is 0 Å². The average Bonchev–Trinajstić information content (AvgIpc) is 2.67. The highest BCUT2D eigenvalue weighted by Gasteiger charge is 2.28. The molecule has 2 atom stereocenters. The monoisotopic (exact) mass is 358 g/mol. The molecule has 0 unspecified atom stereocenters. The largest absolute Gasteiger partial charge is 0.378 e. The number of rotatable bonds is 5. The molecule has 3 rings (SSSR count). The van der Waals surface area contributed by atoms with Crippen molar-refractivity contribution in [3.8, 4) is 0 Å². The Labute approximate surface area is 153 Å². The molecule has 132 valence electrons. The molecule has 0 radical (unpaired) electrons. The first-order valence-electron chi connectivity index (χ1n) is 8.58. The first-order valence-corrected chi connectivity index (χ1v) is 8.96. The Bertz CT molecular complexity index is 685. The number of amides is 1.